The summed E-state index contributed by atoms with van der Waals surface area (Å²) >= 11 is 3.37. The van der Waals surface area contributed by atoms with Gasteiger partial charge in [-0.15, -0.1) is 11.3 Å². The molecule has 5 heteroatoms. The van der Waals surface area contributed by atoms with Crippen molar-refractivity contribution in [3.8, 4) is 0 Å². The third-order valence-corrected chi connectivity index (χ3v) is 4.12. The molecule has 0 saturated heterocycles. The van der Waals surface area contributed by atoms with Crippen LogP contribution >= 0.6 is 23.1 Å². The molecule has 0 spiro atoms. The van der Waals surface area contributed by atoms with Gasteiger partial charge in [0.05, 0.1) is 25.8 Å². The minimum atomic E-state index is -0.0300. The van der Waals surface area contributed by atoms with E-state index in [1.807, 2.05) is 6.92 Å². The second-order valence-corrected chi connectivity index (χ2v) is 5.59. The number of aromatic nitrogens is 1. The van der Waals surface area contributed by atoms with Crippen molar-refractivity contribution < 1.29 is 0 Å². The molecule has 0 saturated carbocycles. The predicted molar refractivity (Wildman–Crippen MR) is 61.8 cm³/mol. The first-order valence-corrected chi connectivity index (χ1v) is 6.02. The van der Waals surface area contributed by atoms with Crippen molar-refractivity contribution in [2.45, 2.75) is 17.3 Å². The number of aryl methyl sites for hydroxylation is 1. The average molecular weight is 223 g/mol. The molecule has 0 radical (unpaired) electrons. The summed E-state index contributed by atoms with van der Waals surface area (Å²) in [6, 6.07) is 4.18. The number of rotatable bonds is 0. The van der Waals surface area contributed by atoms with Crippen LogP contribution in [0.5, 0.6) is 0 Å². The summed E-state index contributed by atoms with van der Waals surface area (Å²) in [5.41, 5.74) is 7.98. The Labute approximate surface area is 89.7 Å². The summed E-state index contributed by atoms with van der Waals surface area (Å²) in [5.74, 6) is 0. The van der Waals surface area contributed by atoms with Crippen LogP contribution in [0, 0.1) is 6.92 Å². The molecule has 2 heterocycles. The predicted octanol–water partition coefficient (Wildman–Crippen LogP) is 2.36. The molecule has 0 fully saturated rings. The van der Waals surface area contributed by atoms with Crippen molar-refractivity contribution in [3.05, 3.63) is 17.1 Å². The topological polar surface area (TPSA) is 50.9 Å². The highest BCUT2D eigenvalue weighted by Crippen LogP contribution is 2.42. The number of benzene rings is 1. The van der Waals surface area contributed by atoms with Crippen LogP contribution < -0.4 is 11.1 Å². The number of anilines is 1. The second-order valence-electron chi connectivity index (χ2n) is 3.20. The number of thiazole rings is 1. The van der Waals surface area contributed by atoms with Crippen molar-refractivity contribution >= 4 is 39.0 Å². The Hall–Kier alpha value is -0.780. The standard InChI is InChI=1S/C9H9N3S2/c1-4-11-7-6(13-4)3-2-5-8(7)14-9(10)12-5/h2-3,9,12H,10H2,1H3. The van der Waals surface area contributed by atoms with Crippen LogP contribution in [-0.2, 0) is 0 Å². The lowest BCUT2D eigenvalue weighted by molar-refractivity contribution is 1.08. The molecule has 3 N–H and O–H groups in total. The van der Waals surface area contributed by atoms with Gasteiger partial charge in [0.25, 0.3) is 0 Å². The molecule has 1 atom stereocenters. The van der Waals surface area contributed by atoms with Gasteiger partial charge in [0, 0.05) is 0 Å². The molecule has 3 rings (SSSR count). The maximum absolute atomic E-state index is 5.81. The van der Waals surface area contributed by atoms with Gasteiger partial charge in [0.2, 0.25) is 0 Å². The fourth-order valence-corrected chi connectivity index (χ4v) is 3.48. The van der Waals surface area contributed by atoms with Gasteiger partial charge in [-0.2, -0.15) is 0 Å². The van der Waals surface area contributed by atoms with Crippen LogP contribution in [0.3, 0.4) is 0 Å². The maximum atomic E-state index is 5.81. The molecule has 3 nitrogen and oxygen atoms in total. The van der Waals surface area contributed by atoms with E-state index in [-0.39, 0.29) is 5.50 Å². The van der Waals surface area contributed by atoms with Crippen molar-refractivity contribution in [3.63, 3.8) is 0 Å². The Kier molecular flexibility index (Phi) is 1.74. The lowest BCUT2D eigenvalue weighted by Gasteiger charge is -1.99. The Morgan fingerprint density at radius 1 is 1.50 bits per heavy atom. The first kappa shape index (κ1) is 8.52. The minimum Gasteiger partial charge on any atom is -0.360 e. The van der Waals surface area contributed by atoms with Gasteiger partial charge >= 0.3 is 0 Å². The van der Waals surface area contributed by atoms with Crippen LogP contribution in [-0.4, -0.2) is 10.5 Å². The molecule has 14 heavy (non-hydrogen) atoms. The molecular formula is C9H9N3S2. The molecular weight excluding hydrogens is 214 g/mol. The van der Waals surface area contributed by atoms with Gasteiger partial charge in [0.15, 0.2) is 0 Å². The summed E-state index contributed by atoms with van der Waals surface area (Å²) in [5, 5.41) is 4.31. The Bertz CT molecular complexity index is 506. The van der Waals surface area contributed by atoms with E-state index < -0.39 is 0 Å². The summed E-state index contributed by atoms with van der Waals surface area (Å²) in [6.45, 7) is 2.03. The molecule has 0 bridgehead atoms. The second kappa shape index (κ2) is 2.85. The van der Waals surface area contributed by atoms with Gasteiger partial charge in [-0.05, 0) is 19.1 Å². The zero-order valence-corrected chi connectivity index (χ0v) is 9.21. The summed E-state index contributed by atoms with van der Waals surface area (Å²) in [6.07, 6.45) is 0. The molecule has 0 aliphatic carbocycles. The zero-order chi connectivity index (χ0) is 9.71. The van der Waals surface area contributed by atoms with Gasteiger partial charge in [0.1, 0.15) is 5.50 Å². The number of nitrogens with two attached hydrogens (primary N) is 1. The number of fused-ring (bicyclic) bond motifs is 3. The zero-order valence-electron chi connectivity index (χ0n) is 7.57. The summed E-state index contributed by atoms with van der Waals surface area (Å²) < 4.78 is 1.24. The Morgan fingerprint density at radius 2 is 2.36 bits per heavy atom. The average Bonchev–Trinajstić information content (AvgIpc) is 2.65. The van der Waals surface area contributed by atoms with Crippen LogP contribution in [0.4, 0.5) is 5.69 Å². The lowest BCUT2D eigenvalue weighted by Crippen LogP contribution is -2.20. The fraction of sp³-hybridized carbons (Fsp3) is 0.222. The number of nitrogens with one attached hydrogen (secondary N) is 1. The molecule has 2 aromatic rings. The van der Waals surface area contributed by atoms with E-state index in [4.69, 9.17) is 5.73 Å². The van der Waals surface area contributed by atoms with Gasteiger partial charge < -0.3 is 11.1 Å². The lowest BCUT2D eigenvalue weighted by atomic mass is 10.3. The van der Waals surface area contributed by atoms with E-state index in [2.05, 4.69) is 22.4 Å². The molecule has 0 amide bonds. The molecule has 1 aliphatic heterocycles. The quantitative estimate of drug-likeness (QED) is 0.720. The largest absolute Gasteiger partial charge is 0.360 e. The highest BCUT2D eigenvalue weighted by atomic mass is 32.2. The van der Waals surface area contributed by atoms with Crippen LogP contribution in [0.25, 0.3) is 10.2 Å². The van der Waals surface area contributed by atoms with E-state index in [0.717, 1.165) is 16.2 Å². The number of hydrogen-bond donors (Lipinski definition) is 2. The van der Waals surface area contributed by atoms with Crippen molar-refractivity contribution in [1.29, 1.82) is 0 Å². The molecule has 1 aromatic carbocycles. The number of hydrogen-bond acceptors (Lipinski definition) is 5. The van der Waals surface area contributed by atoms with Gasteiger partial charge in [-0.25, -0.2) is 4.98 Å². The highest BCUT2D eigenvalue weighted by molar-refractivity contribution is 8.00. The van der Waals surface area contributed by atoms with Crippen molar-refractivity contribution in [2.24, 2.45) is 5.73 Å². The van der Waals surface area contributed by atoms with Crippen molar-refractivity contribution in [1.82, 2.24) is 4.98 Å². The molecule has 72 valence electrons. The fourth-order valence-electron chi connectivity index (χ4n) is 1.62. The Balaban J connectivity index is 2.32. The Morgan fingerprint density at radius 3 is 3.21 bits per heavy atom. The van der Waals surface area contributed by atoms with E-state index >= 15 is 0 Å². The third kappa shape index (κ3) is 1.13. The van der Waals surface area contributed by atoms with E-state index in [9.17, 15) is 0 Å². The molecule has 1 aromatic heterocycles. The van der Waals surface area contributed by atoms with Gasteiger partial charge in [-0.1, -0.05) is 11.8 Å². The number of nitrogens with zero attached hydrogens (tertiary/aromatic N) is 1. The first-order valence-electron chi connectivity index (χ1n) is 4.33. The van der Waals surface area contributed by atoms with Crippen molar-refractivity contribution in [2.75, 3.05) is 5.32 Å². The normalized spacial score (nSPS) is 19.7. The maximum Gasteiger partial charge on any atom is 0.128 e. The smallest absolute Gasteiger partial charge is 0.128 e. The van der Waals surface area contributed by atoms with Crippen LogP contribution in [0.15, 0.2) is 17.0 Å². The molecule has 1 aliphatic rings. The summed E-state index contributed by atoms with van der Waals surface area (Å²) in [7, 11) is 0. The van der Waals surface area contributed by atoms with Crippen LogP contribution in [0.2, 0.25) is 0 Å². The number of thioether (sulfide) groups is 1. The third-order valence-electron chi connectivity index (χ3n) is 2.16. The highest BCUT2D eigenvalue weighted by Gasteiger charge is 2.21. The van der Waals surface area contributed by atoms with Gasteiger partial charge in [-0.3, -0.25) is 0 Å². The van der Waals surface area contributed by atoms with Crippen LogP contribution in [0.1, 0.15) is 5.01 Å². The molecule has 1 unspecified atom stereocenters. The van der Waals surface area contributed by atoms with E-state index in [0.29, 0.717) is 0 Å². The summed E-state index contributed by atoms with van der Waals surface area (Å²) in [4.78, 5) is 5.72. The minimum absolute atomic E-state index is 0.0300. The van der Waals surface area contributed by atoms with E-state index in [1.54, 1.807) is 23.1 Å². The monoisotopic (exact) mass is 223 g/mol. The SMILES string of the molecule is Cc1nc2c3c(ccc2s1)NC(N)S3. The first-order chi connectivity index (χ1) is 6.74. The van der Waals surface area contributed by atoms with E-state index in [1.165, 1.54) is 9.60 Å².